The van der Waals surface area contributed by atoms with Gasteiger partial charge in [-0.05, 0) is 79.6 Å². The molecule has 0 aliphatic heterocycles. The Kier molecular flexibility index (Phi) is 6.45. The van der Waals surface area contributed by atoms with Crippen molar-refractivity contribution in [2.24, 2.45) is 5.41 Å². The molecule has 194 valence electrons. The van der Waals surface area contributed by atoms with Crippen molar-refractivity contribution in [3.8, 4) is 0 Å². The third kappa shape index (κ3) is 4.38. The Morgan fingerprint density at radius 3 is 2.14 bits per heavy atom. The molecule has 0 radical (unpaired) electrons. The number of benzene rings is 2. The third-order valence-electron chi connectivity index (χ3n) is 8.53. The van der Waals surface area contributed by atoms with Crippen molar-refractivity contribution in [1.82, 2.24) is 5.32 Å². The third-order valence-corrected chi connectivity index (χ3v) is 13.1. The molecule has 0 heterocycles. The molecule has 2 amide bonds. The van der Waals surface area contributed by atoms with Crippen LogP contribution in [0.3, 0.4) is 0 Å². The second-order valence-electron chi connectivity index (χ2n) is 12.1. The number of rotatable bonds is 7. The molecule has 5 rings (SSSR count). The monoisotopic (exact) mass is 514 g/mol. The summed E-state index contributed by atoms with van der Waals surface area (Å²) < 4.78 is 34.6. The van der Waals surface area contributed by atoms with Crippen LogP contribution in [0, 0.1) is 17.0 Å². The van der Waals surface area contributed by atoms with E-state index in [1.54, 1.807) is 12.1 Å². The summed E-state index contributed by atoms with van der Waals surface area (Å²) >= 11 is 0. The molecule has 8 heteroatoms. The number of carbonyl (C=O) groups is 2. The van der Waals surface area contributed by atoms with Gasteiger partial charge in [-0.2, -0.15) is 0 Å². The second-order valence-corrected chi connectivity index (χ2v) is 16.8. The predicted molar refractivity (Wildman–Crippen MR) is 139 cm³/mol. The van der Waals surface area contributed by atoms with Crippen LogP contribution in [-0.2, 0) is 14.6 Å². The first kappa shape index (κ1) is 26.5. The topological polar surface area (TPSA) is 67.4 Å². The number of halogens is 2. The molecule has 3 aliphatic rings. The van der Waals surface area contributed by atoms with Gasteiger partial charge in [-0.1, -0.05) is 32.9 Å². The highest BCUT2D eigenvalue weighted by atomic mass is 28.4. The summed E-state index contributed by atoms with van der Waals surface area (Å²) in [6, 6.07) is 8.98. The van der Waals surface area contributed by atoms with Crippen molar-refractivity contribution in [2.45, 2.75) is 76.6 Å². The van der Waals surface area contributed by atoms with Gasteiger partial charge in [-0.3, -0.25) is 9.59 Å². The minimum Gasteiger partial charge on any atom is -0.410 e. The molecule has 0 aromatic heterocycles. The first-order chi connectivity index (χ1) is 16.6. The molecule has 36 heavy (non-hydrogen) atoms. The maximum absolute atomic E-state index is 14.7. The van der Waals surface area contributed by atoms with Crippen LogP contribution >= 0.6 is 0 Å². The maximum Gasteiger partial charge on any atom is 0.253 e. The fourth-order valence-corrected chi connectivity index (χ4v) is 6.83. The van der Waals surface area contributed by atoms with Crippen molar-refractivity contribution in [3.05, 3.63) is 64.7 Å². The summed E-state index contributed by atoms with van der Waals surface area (Å²) in [5.41, 5.74) is 1.23. The van der Waals surface area contributed by atoms with Crippen LogP contribution in [0.15, 0.2) is 36.4 Å². The summed E-state index contributed by atoms with van der Waals surface area (Å²) in [6.45, 7) is 12.4. The van der Waals surface area contributed by atoms with Crippen LogP contribution in [0.2, 0.25) is 18.1 Å². The lowest BCUT2D eigenvalue weighted by Crippen LogP contribution is -2.69. The summed E-state index contributed by atoms with van der Waals surface area (Å²) in [6.07, 6.45) is 1.47. The van der Waals surface area contributed by atoms with Gasteiger partial charge in [0, 0.05) is 12.6 Å². The molecule has 2 N–H and O–H groups in total. The number of amides is 2. The Hall–Kier alpha value is -2.58. The number of anilines is 1. The molecule has 1 atom stereocenters. The summed E-state index contributed by atoms with van der Waals surface area (Å²) in [5.74, 6) is -1.50. The van der Waals surface area contributed by atoms with Crippen molar-refractivity contribution in [2.75, 3.05) is 12.4 Å². The van der Waals surface area contributed by atoms with E-state index < -0.39 is 31.6 Å². The summed E-state index contributed by atoms with van der Waals surface area (Å²) in [4.78, 5) is 26.2. The van der Waals surface area contributed by atoms with Crippen LogP contribution in [0.1, 0.15) is 74.5 Å². The molecule has 2 aromatic carbocycles. The zero-order chi connectivity index (χ0) is 26.7. The van der Waals surface area contributed by atoms with Crippen LogP contribution in [0.4, 0.5) is 14.5 Å². The highest BCUT2D eigenvalue weighted by Crippen LogP contribution is 2.73. The molecule has 1 unspecified atom stereocenters. The largest absolute Gasteiger partial charge is 0.410 e. The van der Waals surface area contributed by atoms with E-state index in [1.165, 1.54) is 25.2 Å². The molecule has 2 aromatic rings. The maximum atomic E-state index is 14.7. The fraction of sp³-hybridized carbons (Fsp3) is 0.500. The lowest BCUT2D eigenvalue weighted by atomic mass is 9.33. The Bertz CT molecular complexity index is 1180. The first-order valence-electron chi connectivity index (χ1n) is 12.4. The van der Waals surface area contributed by atoms with Crippen molar-refractivity contribution < 1.29 is 22.8 Å². The molecule has 2 bridgehead atoms. The highest BCUT2D eigenvalue weighted by molar-refractivity contribution is 6.74. The second kappa shape index (κ2) is 8.77. The normalized spacial score (nSPS) is 23.8. The molecular formula is C28H36F2N2O3Si. The SMILES string of the molecule is CNC(=O)c1cc(F)cc(C(C)O[Si](C)(C)C(C)(C)C)c1NC(=O)C12CC(c3ccc(F)cc3)(C1)C2. The van der Waals surface area contributed by atoms with Gasteiger partial charge in [-0.15, -0.1) is 0 Å². The standard InChI is InChI=1S/C28H36F2N2O3Si/c1-17(35-36(6,7)26(2,3)4)21-12-20(30)13-22(24(33)31-5)23(21)32-25(34)28-14-27(15-28,16-28)18-8-10-19(29)11-9-18/h8-13,17H,14-16H2,1-7H3,(H,31,33)(H,32,34). The van der Waals surface area contributed by atoms with Crippen LogP contribution in [0.5, 0.6) is 0 Å². The zero-order valence-corrected chi connectivity index (χ0v) is 23.1. The minimum absolute atomic E-state index is 0.0673. The number of hydrogen-bond acceptors (Lipinski definition) is 3. The van der Waals surface area contributed by atoms with Gasteiger partial charge in [0.1, 0.15) is 11.6 Å². The first-order valence-corrected chi connectivity index (χ1v) is 15.3. The molecule has 3 fully saturated rings. The zero-order valence-electron chi connectivity index (χ0n) is 22.1. The van der Waals surface area contributed by atoms with Gasteiger partial charge >= 0.3 is 0 Å². The van der Waals surface area contributed by atoms with E-state index in [4.69, 9.17) is 4.43 Å². The van der Waals surface area contributed by atoms with Crippen molar-refractivity contribution in [3.63, 3.8) is 0 Å². The Labute approximate surface area is 213 Å². The molecule has 5 nitrogen and oxygen atoms in total. The van der Waals surface area contributed by atoms with Crippen molar-refractivity contribution in [1.29, 1.82) is 0 Å². The van der Waals surface area contributed by atoms with E-state index in [-0.39, 0.29) is 27.7 Å². The average Bonchev–Trinajstić information content (AvgIpc) is 2.72. The van der Waals surface area contributed by atoms with E-state index in [0.29, 0.717) is 30.5 Å². The van der Waals surface area contributed by atoms with E-state index in [2.05, 4.69) is 44.5 Å². The number of nitrogens with one attached hydrogen (secondary N) is 2. The lowest BCUT2D eigenvalue weighted by Gasteiger charge is -2.69. The predicted octanol–water partition coefficient (Wildman–Crippen LogP) is 6.47. The fourth-order valence-electron chi connectivity index (χ4n) is 5.47. The van der Waals surface area contributed by atoms with Crippen LogP contribution in [0.25, 0.3) is 0 Å². The Balaban J connectivity index is 1.62. The van der Waals surface area contributed by atoms with Crippen LogP contribution < -0.4 is 10.6 Å². The van der Waals surface area contributed by atoms with Gasteiger partial charge in [-0.25, -0.2) is 8.78 Å². The molecular weight excluding hydrogens is 478 g/mol. The van der Waals surface area contributed by atoms with Crippen LogP contribution in [-0.4, -0.2) is 27.2 Å². The highest BCUT2D eigenvalue weighted by Gasteiger charge is 2.71. The summed E-state index contributed by atoms with van der Waals surface area (Å²) in [5, 5.41) is 5.48. The Morgan fingerprint density at radius 2 is 1.61 bits per heavy atom. The van der Waals surface area contributed by atoms with Gasteiger partial charge in [0.25, 0.3) is 5.91 Å². The van der Waals surface area contributed by atoms with E-state index >= 15 is 0 Å². The number of hydrogen-bond donors (Lipinski definition) is 2. The van der Waals surface area contributed by atoms with Crippen molar-refractivity contribution >= 4 is 25.8 Å². The smallest absolute Gasteiger partial charge is 0.253 e. The van der Waals surface area contributed by atoms with Gasteiger partial charge in [0.2, 0.25) is 5.91 Å². The van der Waals surface area contributed by atoms with E-state index in [0.717, 1.165) is 11.6 Å². The van der Waals surface area contributed by atoms with E-state index in [9.17, 15) is 18.4 Å². The molecule has 3 saturated carbocycles. The molecule has 0 saturated heterocycles. The lowest BCUT2D eigenvalue weighted by molar-refractivity contribution is -0.170. The molecule has 0 spiro atoms. The van der Waals surface area contributed by atoms with Gasteiger partial charge in [0.05, 0.1) is 22.8 Å². The Morgan fingerprint density at radius 1 is 1.03 bits per heavy atom. The quantitative estimate of drug-likeness (QED) is 0.416. The number of carbonyl (C=O) groups excluding carboxylic acids is 2. The molecule has 3 aliphatic carbocycles. The van der Waals surface area contributed by atoms with Gasteiger partial charge < -0.3 is 15.1 Å². The van der Waals surface area contributed by atoms with E-state index in [1.807, 2.05) is 6.92 Å². The minimum atomic E-state index is -2.22. The average molecular weight is 515 g/mol. The summed E-state index contributed by atoms with van der Waals surface area (Å²) in [7, 11) is -0.748. The van der Waals surface area contributed by atoms with Gasteiger partial charge in [0.15, 0.2) is 8.32 Å².